The molecule has 1 aromatic heterocycles. The Bertz CT molecular complexity index is 789. The van der Waals surface area contributed by atoms with Crippen LogP contribution in [-0.2, 0) is 6.42 Å². The van der Waals surface area contributed by atoms with Crippen molar-refractivity contribution in [1.82, 2.24) is 10.1 Å². The van der Waals surface area contributed by atoms with E-state index in [1.54, 1.807) is 12.1 Å². The van der Waals surface area contributed by atoms with Crippen LogP contribution in [0.1, 0.15) is 59.8 Å². The standard InChI is InChI=1S/C22H28N2O4/c25-18-5-1-15(2-6-18)11-19(26)14-24-9-7-16(8-10-24)12-21(27)20-13-22(28-23-20)17-3-4-17/h1-2,5-6,13,16-17,19,25-26H,3-4,7-12,14H2/t19-/m1/s1. The number of likely N-dealkylation sites (tertiary alicyclic amines) is 1. The van der Waals surface area contributed by atoms with Crippen molar-refractivity contribution in [3.63, 3.8) is 0 Å². The smallest absolute Gasteiger partial charge is 0.185 e. The summed E-state index contributed by atoms with van der Waals surface area (Å²) in [5.41, 5.74) is 1.50. The fraction of sp³-hybridized carbons (Fsp3) is 0.545. The number of rotatable bonds is 8. The van der Waals surface area contributed by atoms with Gasteiger partial charge in [-0.15, -0.1) is 0 Å². The number of β-amino-alcohol motifs (C(OH)–C–C–N with tert-alkyl or cyclic N) is 1. The van der Waals surface area contributed by atoms with Gasteiger partial charge in [-0.05, 0) is 68.8 Å². The Labute approximate surface area is 165 Å². The first-order valence-electron chi connectivity index (χ1n) is 10.2. The van der Waals surface area contributed by atoms with E-state index in [1.807, 2.05) is 18.2 Å². The van der Waals surface area contributed by atoms with Gasteiger partial charge in [0.2, 0.25) is 0 Å². The number of piperidine rings is 1. The minimum absolute atomic E-state index is 0.0847. The van der Waals surface area contributed by atoms with Gasteiger partial charge in [0.05, 0.1) is 6.10 Å². The second kappa shape index (κ2) is 8.45. The highest BCUT2D eigenvalue weighted by Crippen LogP contribution is 2.40. The lowest BCUT2D eigenvalue weighted by atomic mass is 9.90. The van der Waals surface area contributed by atoms with E-state index in [-0.39, 0.29) is 11.5 Å². The Morgan fingerprint density at radius 1 is 1.18 bits per heavy atom. The number of aliphatic hydroxyl groups is 1. The van der Waals surface area contributed by atoms with E-state index in [9.17, 15) is 15.0 Å². The van der Waals surface area contributed by atoms with Crippen LogP contribution < -0.4 is 0 Å². The molecule has 0 amide bonds. The Morgan fingerprint density at radius 3 is 2.57 bits per heavy atom. The first kappa shape index (κ1) is 19.2. The monoisotopic (exact) mass is 384 g/mol. The van der Waals surface area contributed by atoms with Gasteiger partial charge in [-0.1, -0.05) is 17.3 Å². The molecule has 1 saturated carbocycles. The van der Waals surface area contributed by atoms with Crippen LogP contribution in [0.2, 0.25) is 0 Å². The van der Waals surface area contributed by atoms with Gasteiger partial charge in [0.1, 0.15) is 17.2 Å². The summed E-state index contributed by atoms with van der Waals surface area (Å²) in [5.74, 6) is 2.04. The molecule has 6 nitrogen and oxygen atoms in total. The average Bonchev–Trinajstić information content (AvgIpc) is 3.41. The Balaban J connectivity index is 1.19. The van der Waals surface area contributed by atoms with E-state index in [0.717, 1.165) is 50.1 Å². The number of aromatic hydroxyl groups is 1. The summed E-state index contributed by atoms with van der Waals surface area (Å²) in [5, 5.41) is 23.7. The van der Waals surface area contributed by atoms with E-state index in [0.29, 0.717) is 36.9 Å². The molecule has 2 aliphatic rings. The number of carbonyl (C=O) groups excluding carboxylic acids is 1. The van der Waals surface area contributed by atoms with Crippen molar-refractivity contribution in [2.75, 3.05) is 19.6 Å². The van der Waals surface area contributed by atoms with Crippen molar-refractivity contribution in [1.29, 1.82) is 0 Å². The second-order valence-electron chi connectivity index (χ2n) is 8.28. The molecule has 2 aromatic rings. The number of phenolic OH excluding ortho intramolecular Hbond substituents is 1. The number of ketones is 1. The minimum atomic E-state index is -0.432. The number of aromatic nitrogens is 1. The molecular weight excluding hydrogens is 356 g/mol. The van der Waals surface area contributed by atoms with Crippen LogP contribution in [0.3, 0.4) is 0 Å². The van der Waals surface area contributed by atoms with Gasteiger partial charge < -0.3 is 19.6 Å². The first-order chi connectivity index (χ1) is 13.6. The predicted octanol–water partition coefficient (Wildman–Crippen LogP) is 3.15. The van der Waals surface area contributed by atoms with E-state index < -0.39 is 6.10 Å². The minimum Gasteiger partial charge on any atom is -0.508 e. The van der Waals surface area contributed by atoms with Gasteiger partial charge in [0, 0.05) is 24.9 Å². The van der Waals surface area contributed by atoms with Gasteiger partial charge >= 0.3 is 0 Å². The van der Waals surface area contributed by atoms with E-state index in [4.69, 9.17) is 4.52 Å². The third-order valence-electron chi connectivity index (χ3n) is 5.85. The van der Waals surface area contributed by atoms with Gasteiger partial charge in [0.25, 0.3) is 0 Å². The van der Waals surface area contributed by atoms with Gasteiger partial charge in [-0.3, -0.25) is 4.79 Å². The Kier molecular flexibility index (Phi) is 5.78. The van der Waals surface area contributed by atoms with Gasteiger partial charge in [-0.25, -0.2) is 0 Å². The van der Waals surface area contributed by atoms with Crippen LogP contribution >= 0.6 is 0 Å². The second-order valence-corrected chi connectivity index (χ2v) is 8.28. The van der Waals surface area contributed by atoms with Gasteiger partial charge in [-0.2, -0.15) is 0 Å². The summed E-state index contributed by atoms with van der Waals surface area (Å²) < 4.78 is 5.29. The fourth-order valence-electron chi connectivity index (χ4n) is 3.99. The maximum Gasteiger partial charge on any atom is 0.185 e. The average molecular weight is 384 g/mol. The summed E-state index contributed by atoms with van der Waals surface area (Å²) >= 11 is 0. The normalized spacial score (nSPS) is 19.6. The topological polar surface area (TPSA) is 86.8 Å². The van der Waals surface area contributed by atoms with Crippen molar-refractivity contribution in [3.05, 3.63) is 47.3 Å². The SMILES string of the molecule is O=C(CC1CCN(C[C@H](O)Cc2ccc(O)cc2)CC1)c1cc(C2CC2)on1. The number of phenols is 1. The summed E-state index contributed by atoms with van der Waals surface area (Å²) in [7, 11) is 0. The number of hydrogen-bond acceptors (Lipinski definition) is 6. The van der Waals surface area contributed by atoms with Crippen molar-refractivity contribution in [2.45, 2.75) is 50.5 Å². The molecule has 0 radical (unpaired) electrons. The lowest BCUT2D eigenvalue weighted by Crippen LogP contribution is -2.39. The maximum absolute atomic E-state index is 12.5. The molecule has 2 N–H and O–H groups in total. The van der Waals surface area contributed by atoms with Crippen LogP contribution in [0.4, 0.5) is 0 Å². The largest absolute Gasteiger partial charge is 0.508 e. The van der Waals surface area contributed by atoms with E-state index in [2.05, 4.69) is 10.1 Å². The molecule has 2 heterocycles. The Morgan fingerprint density at radius 2 is 1.89 bits per heavy atom. The molecule has 1 aliphatic heterocycles. The Hall–Kier alpha value is -2.18. The highest BCUT2D eigenvalue weighted by molar-refractivity contribution is 5.94. The molecule has 1 aromatic carbocycles. The van der Waals surface area contributed by atoms with Crippen molar-refractivity contribution in [2.24, 2.45) is 5.92 Å². The summed E-state index contributed by atoms with van der Waals surface area (Å²) in [6.07, 6.45) is 4.88. The molecular formula is C22H28N2O4. The summed E-state index contributed by atoms with van der Waals surface area (Å²) in [4.78, 5) is 14.7. The molecule has 1 aliphatic carbocycles. The molecule has 6 heteroatoms. The highest BCUT2D eigenvalue weighted by atomic mass is 16.5. The third-order valence-corrected chi connectivity index (χ3v) is 5.85. The number of benzene rings is 1. The van der Waals surface area contributed by atoms with Crippen molar-refractivity contribution < 1.29 is 19.5 Å². The lowest BCUT2D eigenvalue weighted by molar-refractivity contribution is 0.0799. The zero-order valence-corrected chi connectivity index (χ0v) is 16.1. The number of carbonyl (C=O) groups is 1. The molecule has 1 atom stereocenters. The molecule has 0 spiro atoms. The molecule has 1 saturated heterocycles. The summed E-state index contributed by atoms with van der Waals surface area (Å²) in [6, 6.07) is 8.80. The number of aliphatic hydroxyl groups excluding tert-OH is 1. The lowest BCUT2D eigenvalue weighted by Gasteiger charge is -2.32. The maximum atomic E-state index is 12.5. The van der Waals surface area contributed by atoms with Crippen LogP contribution in [0.25, 0.3) is 0 Å². The first-order valence-corrected chi connectivity index (χ1v) is 10.2. The number of nitrogens with zero attached hydrogens (tertiary/aromatic N) is 2. The van der Waals surface area contributed by atoms with Crippen LogP contribution in [-0.4, -0.2) is 51.8 Å². The van der Waals surface area contributed by atoms with Crippen LogP contribution in [0, 0.1) is 5.92 Å². The quantitative estimate of drug-likeness (QED) is 0.680. The fourth-order valence-corrected chi connectivity index (χ4v) is 3.99. The molecule has 2 fully saturated rings. The zero-order valence-electron chi connectivity index (χ0n) is 16.1. The number of hydrogen-bond donors (Lipinski definition) is 2. The summed E-state index contributed by atoms with van der Waals surface area (Å²) in [6.45, 7) is 2.43. The zero-order chi connectivity index (χ0) is 19.5. The van der Waals surface area contributed by atoms with E-state index in [1.165, 1.54) is 0 Å². The highest BCUT2D eigenvalue weighted by Gasteiger charge is 2.30. The van der Waals surface area contributed by atoms with E-state index >= 15 is 0 Å². The third kappa shape index (κ3) is 5.00. The van der Waals surface area contributed by atoms with Crippen molar-refractivity contribution >= 4 is 5.78 Å². The molecule has 150 valence electrons. The molecule has 4 rings (SSSR count). The van der Waals surface area contributed by atoms with Crippen molar-refractivity contribution in [3.8, 4) is 5.75 Å². The molecule has 28 heavy (non-hydrogen) atoms. The predicted molar refractivity (Wildman–Crippen MR) is 104 cm³/mol. The number of Topliss-reactive ketones (excluding diaryl/α,β-unsaturated/α-hetero) is 1. The van der Waals surface area contributed by atoms with Crippen LogP contribution in [0.5, 0.6) is 5.75 Å². The molecule has 0 unspecified atom stereocenters. The van der Waals surface area contributed by atoms with Crippen LogP contribution in [0.15, 0.2) is 34.9 Å². The van der Waals surface area contributed by atoms with Gasteiger partial charge in [0.15, 0.2) is 5.78 Å². The molecule has 0 bridgehead atoms.